The van der Waals surface area contributed by atoms with Crippen LogP contribution in [-0.2, 0) is 14.2 Å². The van der Waals surface area contributed by atoms with Crippen molar-refractivity contribution in [2.24, 2.45) is 0 Å². The number of ether oxygens (including phenoxy) is 3. The van der Waals surface area contributed by atoms with Crippen molar-refractivity contribution in [1.29, 1.82) is 0 Å². The Bertz CT molecular complexity index is 6240. The maximum atomic E-state index is 13.4. The van der Waals surface area contributed by atoms with E-state index in [2.05, 4.69) is 104 Å². The smallest absolute Gasteiger partial charge is 0.361 e. The van der Waals surface area contributed by atoms with Gasteiger partial charge in [-0.1, -0.05) is 58.5 Å². The predicted molar refractivity (Wildman–Crippen MR) is 419 cm³/mol. The van der Waals surface area contributed by atoms with Crippen molar-refractivity contribution >= 4 is 65.5 Å². The van der Waals surface area contributed by atoms with E-state index in [4.69, 9.17) is 44.8 Å². The third-order valence-corrected chi connectivity index (χ3v) is 22.5. The standard InChI is InChI=1S/C24H24N4O4Si.C21H16N4O4.C19H15BrN4O4.C19H15N5O2/c1-5-31-24(30)20-22(32-14-26-20)19-21-18-8-10-27(18)23(29)16-12-15(9-11-33(2,3)4)6-7-17(16)28(21)13-25-19;1-3-12-5-6-14-13(9-12)20(26)24-8-7-15(24)18-16(22-10-25(14)18)19-17(23-11-29-19)21(27)28-4-2;1-2-27-19(26)15-17(28-9-22-15)14-16-13-5-6-23(13)18(25)11-7-10(20)3-4-12(11)24(16)8-21-14;1-3-12-6-7-14-13(9-12)19(25)23-8-4-5-15(23)17-16(20-10-24(14)17)18-21-11(2)22-26-18/h6-7,12-14,18H,5,8,10H2,1-4H3;1,5-6,9-11,15H,4,7-8H2,2H3;3-4,7-9,13H,2,5-6H2,1H3;1,6-7,9-10,15H,4-5,8H2,2H3/t18-;15-;13-;15-/m0001/s1. The van der Waals surface area contributed by atoms with Crippen LogP contribution in [0.15, 0.2) is 140 Å². The number of hydrogen-bond acceptors (Lipinski definition) is 23. The molecule has 0 aliphatic carbocycles. The number of hydrogen-bond donors (Lipinski definition) is 0. The molecule has 8 aromatic heterocycles. The van der Waals surface area contributed by atoms with Gasteiger partial charge in [0.25, 0.3) is 29.5 Å². The Hall–Kier alpha value is -13.8. The second-order valence-corrected chi connectivity index (χ2v) is 34.7. The summed E-state index contributed by atoms with van der Waals surface area (Å²) in [6.07, 6.45) is 25.5. The molecule has 8 aliphatic heterocycles. The Balaban J connectivity index is 0.000000112. The number of esters is 3. The Kier molecular flexibility index (Phi) is 19.3. The number of oxazole rings is 3. The fraction of sp³-hybridized carbons (Fsp3) is 0.277. The van der Waals surface area contributed by atoms with Gasteiger partial charge in [-0.3, -0.25) is 37.4 Å². The van der Waals surface area contributed by atoms with Crippen LogP contribution in [0.25, 0.3) is 68.7 Å². The molecule has 16 heterocycles. The van der Waals surface area contributed by atoms with E-state index in [1.165, 1.54) is 19.2 Å². The summed E-state index contributed by atoms with van der Waals surface area (Å²) in [5.41, 5.74) is 16.4. The Morgan fingerprint density at radius 2 is 0.836 bits per heavy atom. The van der Waals surface area contributed by atoms with Crippen molar-refractivity contribution in [2.75, 3.05) is 46.0 Å². The van der Waals surface area contributed by atoms with Gasteiger partial charge < -0.3 is 51.6 Å². The molecule has 12 aromatic rings. The number of halogens is 1. The van der Waals surface area contributed by atoms with E-state index in [-0.39, 0.29) is 102 Å². The van der Waals surface area contributed by atoms with Crippen LogP contribution in [0.3, 0.4) is 0 Å². The van der Waals surface area contributed by atoms with Crippen molar-refractivity contribution in [1.82, 2.24) is 82.9 Å². The van der Waals surface area contributed by atoms with Crippen LogP contribution in [-0.4, -0.2) is 179 Å². The first-order valence-electron chi connectivity index (χ1n) is 37.5. The fourth-order valence-corrected chi connectivity index (χ4v) is 16.5. The molecule has 20 rings (SSSR count). The third-order valence-electron chi connectivity index (χ3n) is 21.1. The molecule has 8 aliphatic rings. The van der Waals surface area contributed by atoms with E-state index in [0.29, 0.717) is 99.7 Å². The zero-order chi connectivity index (χ0) is 80.7. The summed E-state index contributed by atoms with van der Waals surface area (Å²) in [6.45, 7) is 16.9. The SMILES string of the molecule is C#Cc1ccc2c(c1)C(=O)N1CCC[C@@H]1c1c(-c3nc(C)no3)ncn1-2.C#Cc1ccc2c(c1)C(=O)N1CC[C@H]1c1c(-c3ocnc3C(=O)OCC)ncn1-2.CCOC(=O)c1ncoc1-c1ncn2c1[C@@H]1CCN1C(=O)c1cc(Br)ccc1-2.CCOC(=O)c1ncoc1-c1ncn2c1[C@@H]1CCN1C(=O)c1cc(C#C[Si](C)(C)C)ccc1-2. The number of carbonyl (C=O) groups excluding carboxylic acids is 7. The average Bonchev–Trinajstić information content (AvgIpc) is 1.59. The highest BCUT2D eigenvalue weighted by atomic mass is 79.9. The summed E-state index contributed by atoms with van der Waals surface area (Å²) in [5.74, 6) is 8.26. The molecule has 33 heteroatoms. The van der Waals surface area contributed by atoms with Crippen molar-refractivity contribution in [3.63, 3.8) is 0 Å². The molecular formula is C83H70BrN17O14Si. The molecule has 4 fully saturated rings. The number of rotatable bonds is 10. The lowest BCUT2D eigenvalue weighted by atomic mass is 9.96. The summed E-state index contributed by atoms with van der Waals surface area (Å²) in [7, 11) is -1.55. The van der Waals surface area contributed by atoms with Crippen LogP contribution < -0.4 is 0 Å². The number of carbonyl (C=O) groups is 7. The molecule has 582 valence electrons. The third kappa shape index (κ3) is 12.8. The summed E-state index contributed by atoms with van der Waals surface area (Å²) >= 11 is 3.44. The van der Waals surface area contributed by atoms with E-state index in [9.17, 15) is 33.6 Å². The van der Waals surface area contributed by atoms with Crippen LogP contribution >= 0.6 is 15.9 Å². The van der Waals surface area contributed by atoms with E-state index in [1.54, 1.807) is 76.1 Å². The lowest BCUT2D eigenvalue weighted by Crippen LogP contribution is -2.44. The zero-order valence-electron chi connectivity index (χ0n) is 63.6. The van der Waals surface area contributed by atoms with E-state index in [1.807, 2.05) is 87.6 Å². The lowest BCUT2D eigenvalue weighted by molar-refractivity contribution is 0.0454. The topological polar surface area (TPSA) is 348 Å². The number of amides is 4. The Morgan fingerprint density at radius 3 is 1.20 bits per heavy atom. The number of benzene rings is 4. The van der Waals surface area contributed by atoms with Gasteiger partial charge in [0.05, 0.1) is 112 Å². The lowest BCUT2D eigenvalue weighted by Gasteiger charge is -2.39. The summed E-state index contributed by atoms with van der Waals surface area (Å²) < 4.78 is 45.7. The molecule has 0 unspecified atom stereocenters. The number of aryl methyl sites for hydroxylation is 1. The molecular weight excluding hydrogens is 1570 g/mol. The van der Waals surface area contributed by atoms with E-state index in [0.717, 1.165) is 82.0 Å². The van der Waals surface area contributed by atoms with Crippen LogP contribution in [0.4, 0.5) is 0 Å². The number of nitrogens with zero attached hydrogens (tertiary/aromatic N) is 17. The van der Waals surface area contributed by atoms with Gasteiger partial charge >= 0.3 is 17.9 Å². The van der Waals surface area contributed by atoms with Crippen LogP contribution in [0.2, 0.25) is 19.6 Å². The van der Waals surface area contributed by atoms with E-state index < -0.39 is 26.0 Å². The highest BCUT2D eigenvalue weighted by molar-refractivity contribution is 9.10. The van der Waals surface area contributed by atoms with Crippen molar-refractivity contribution in [3.05, 3.63) is 206 Å². The highest BCUT2D eigenvalue weighted by Crippen LogP contribution is 2.49. The number of aromatic nitrogens is 13. The largest absolute Gasteiger partial charge is 0.461 e. The summed E-state index contributed by atoms with van der Waals surface area (Å²) in [5, 5.41) is 3.87. The first-order chi connectivity index (χ1) is 56.2. The molecule has 31 nitrogen and oxygen atoms in total. The average molecular weight is 1640 g/mol. The number of terminal acetylenes is 2. The molecule has 0 N–H and O–H groups in total. The second-order valence-electron chi connectivity index (χ2n) is 29.0. The van der Waals surface area contributed by atoms with Crippen LogP contribution in [0, 0.1) is 43.1 Å². The maximum absolute atomic E-state index is 13.4. The van der Waals surface area contributed by atoms with Gasteiger partial charge in [-0.25, -0.2) is 49.3 Å². The molecule has 0 bridgehead atoms. The first-order valence-corrected chi connectivity index (χ1v) is 41.8. The first kappa shape index (κ1) is 74.9. The van der Waals surface area contributed by atoms with Crippen LogP contribution in [0.1, 0.15) is 195 Å². The second kappa shape index (κ2) is 29.9. The molecule has 0 saturated carbocycles. The normalized spacial score (nSPS) is 17.1. The maximum Gasteiger partial charge on any atom is 0.361 e. The van der Waals surface area contributed by atoms with Crippen molar-refractivity contribution in [3.8, 4) is 105 Å². The van der Waals surface area contributed by atoms with Gasteiger partial charge in [-0.05, 0) is 133 Å². The quantitative estimate of drug-likeness (QED) is 0.0531. The van der Waals surface area contributed by atoms with Gasteiger partial charge in [-0.15, -0.1) is 18.4 Å². The Labute approximate surface area is 671 Å². The van der Waals surface area contributed by atoms with Gasteiger partial charge in [-0.2, -0.15) is 4.98 Å². The molecule has 4 aromatic carbocycles. The van der Waals surface area contributed by atoms with Crippen molar-refractivity contribution < 1.29 is 65.5 Å². The Morgan fingerprint density at radius 1 is 0.483 bits per heavy atom. The van der Waals surface area contributed by atoms with E-state index >= 15 is 0 Å². The van der Waals surface area contributed by atoms with Gasteiger partial charge in [0.15, 0.2) is 65.1 Å². The number of imidazole rings is 4. The highest BCUT2D eigenvalue weighted by Gasteiger charge is 2.48. The van der Waals surface area contributed by atoms with Crippen LogP contribution in [0.5, 0.6) is 0 Å². The fourth-order valence-electron chi connectivity index (χ4n) is 15.6. The van der Waals surface area contributed by atoms with Crippen molar-refractivity contribution in [2.45, 2.75) is 104 Å². The monoisotopic (exact) mass is 1640 g/mol. The van der Waals surface area contributed by atoms with Gasteiger partial charge in [0, 0.05) is 47.3 Å². The molecule has 4 atom stereocenters. The predicted octanol–water partition coefficient (Wildman–Crippen LogP) is 12.3. The minimum atomic E-state index is -1.55. The number of fused-ring (bicyclic) bond motifs is 20. The molecule has 116 heavy (non-hydrogen) atoms. The zero-order valence-corrected chi connectivity index (χ0v) is 66.2. The molecule has 4 saturated heterocycles. The molecule has 0 spiro atoms. The minimum Gasteiger partial charge on any atom is -0.461 e. The molecule has 4 amide bonds. The van der Waals surface area contributed by atoms with Gasteiger partial charge in [0.2, 0.25) is 0 Å². The molecule has 0 radical (unpaired) electrons. The minimum absolute atomic E-state index is 0.00374. The summed E-state index contributed by atoms with van der Waals surface area (Å²) in [4.78, 5) is 132. The summed E-state index contributed by atoms with van der Waals surface area (Å²) in [6, 6.07) is 21.5. The van der Waals surface area contributed by atoms with Gasteiger partial charge in [0.1, 0.15) is 50.5 Å².